The van der Waals surface area contributed by atoms with E-state index in [9.17, 15) is 15.0 Å². The average molecular weight is 457 g/mol. The molecule has 4 fully saturated rings. The van der Waals surface area contributed by atoms with Crippen LogP contribution in [0.2, 0.25) is 0 Å². The second-order valence-electron chi connectivity index (χ2n) is 14.9. The molecular formula is C30H48O3. The van der Waals surface area contributed by atoms with Crippen molar-refractivity contribution in [1.29, 1.82) is 0 Å². The second kappa shape index (κ2) is 6.96. The van der Waals surface area contributed by atoms with Gasteiger partial charge in [-0.25, -0.2) is 0 Å². The molecule has 0 heterocycles. The number of aliphatic hydroxyl groups is 2. The molecular weight excluding hydrogens is 408 g/mol. The first-order valence-electron chi connectivity index (χ1n) is 13.7. The smallest absolute Gasteiger partial charge is 0.139 e. The van der Waals surface area contributed by atoms with Gasteiger partial charge < -0.3 is 10.2 Å². The van der Waals surface area contributed by atoms with Gasteiger partial charge >= 0.3 is 0 Å². The maximum absolute atomic E-state index is 13.4. The van der Waals surface area contributed by atoms with Crippen molar-refractivity contribution in [2.24, 2.45) is 50.2 Å². The van der Waals surface area contributed by atoms with Gasteiger partial charge in [-0.3, -0.25) is 4.79 Å². The number of aliphatic hydroxyl groups excluding tert-OH is 2. The molecule has 4 saturated carbocycles. The largest absolute Gasteiger partial charge is 0.396 e. The van der Waals surface area contributed by atoms with Gasteiger partial charge in [0.2, 0.25) is 0 Å². The molecule has 33 heavy (non-hydrogen) atoms. The number of hydrogen-bond donors (Lipinski definition) is 2. The number of carbonyl (C=O) groups excluding carboxylic acids is 1. The third-order valence-corrected chi connectivity index (χ3v) is 13.1. The first kappa shape index (κ1) is 24.0. The number of Topliss-reactive ketones (excluding diaryl/α,β-unsaturated/α-hetero) is 1. The molecule has 5 aliphatic carbocycles. The van der Waals surface area contributed by atoms with Crippen LogP contribution < -0.4 is 0 Å². The van der Waals surface area contributed by atoms with Crippen LogP contribution in [0.15, 0.2) is 11.6 Å². The predicted molar refractivity (Wildman–Crippen MR) is 133 cm³/mol. The zero-order valence-corrected chi connectivity index (χ0v) is 22.3. The molecule has 0 aromatic carbocycles. The van der Waals surface area contributed by atoms with Gasteiger partial charge in [-0.05, 0) is 96.2 Å². The number of carbonyl (C=O) groups is 1. The molecule has 0 aliphatic heterocycles. The predicted octanol–water partition coefficient (Wildman–Crippen LogP) is 6.32. The van der Waals surface area contributed by atoms with E-state index in [1.807, 2.05) is 0 Å². The molecule has 0 saturated heterocycles. The fourth-order valence-electron chi connectivity index (χ4n) is 10.5. The summed E-state index contributed by atoms with van der Waals surface area (Å²) in [6, 6.07) is 0. The molecule has 5 rings (SSSR count). The van der Waals surface area contributed by atoms with Crippen molar-refractivity contribution in [3.05, 3.63) is 11.6 Å². The highest BCUT2D eigenvalue weighted by molar-refractivity contribution is 5.87. The Morgan fingerprint density at radius 2 is 1.64 bits per heavy atom. The van der Waals surface area contributed by atoms with Crippen molar-refractivity contribution >= 4 is 5.78 Å². The molecule has 0 aromatic heterocycles. The summed E-state index contributed by atoms with van der Waals surface area (Å²) in [7, 11) is 0. The first-order valence-corrected chi connectivity index (χ1v) is 13.7. The van der Waals surface area contributed by atoms with E-state index in [2.05, 4.69) is 54.5 Å². The van der Waals surface area contributed by atoms with E-state index in [4.69, 9.17) is 0 Å². The lowest BCUT2D eigenvalue weighted by Crippen LogP contribution is -2.65. The van der Waals surface area contributed by atoms with Crippen LogP contribution in [0.4, 0.5) is 0 Å². The summed E-state index contributed by atoms with van der Waals surface area (Å²) in [5.41, 5.74) is 1.57. The van der Waals surface area contributed by atoms with E-state index < -0.39 is 0 Å². The lowest BCUT2D eigenvalue weighted by molar-refractivity contribution is -0.203. The minimum Gasteiger partial charge on any atom is -0.396 e. The second-order valence-corrected chi connectivity index (χ2v) is 14.9. The van der Waals surface area contributed by atoms with Crippen molar-refractivity contribution in [1.82, 2.24) is 0 Å². The number of fused-ring (bicyclic) bond motifs is 7. The lowest BCUT2D eigenvalue weighted by atomic mass is 9.33. The Morgan fingerprint density at radius 3 is 2.30 bits per heavy atom. The van der Waals surface area contributed by atoms with Crippen molar-refractivity contribution in [3.8, 4) is 0 Å². The highest BCUT2D eigenvalue weighted by Crippen LogP contribution is 2.75. The standard InChI is InChI=1S/C30H48O3/c1-25(2)21-10-13-30(7)22(28(21,5)12-11-23(25)32)9-8-19-20-16-26(3,18-31)17-24(33)27(20,4)14-15-29(19,30)6/h8,20-23,31-32H,9-18H2,1-7H3/t20-,21?,22-,23?,26?,27-,28+,29-,30-/m1/s1. The molecule has 0 spiro atoms. The van der Waals surface area contributed by atoms with E-state index in [0.29, 0.717) is 24.0 Å². The number of hydrogen-bond acceptors (Lipinski definition) is 3. The SMILES string of the molecule is CC1(CO)CC(=O)[C@]2(C)CC[C@]3(C)C(=CC[C@@H]4[C@@]5(C)CCC(O)C(C)(C)C5CC[C@]43C)[C@H]2C1. The Hall–Kier alpha value is -0.670. The summed E-state index contributed by atoms with van der Waals surface area (Å²) in [5, 5.41) is 21.1. The summed E-state index contributed by atoms with van der Waals surface area (Å²) in [5.74, 6) is 1.83. The van der Waals surface area contributed by atoms with E-state index in [-0.39, 0.29) is 51.1 Å². The minimum atomic E-state index is -0.286. The lowest BCUT2D eigenvalue weighted by Gasteiger charge is -2.71. The van der Waals surface area contributed by atoms with E-state index in [0.717, 1.165) is 38.5 Å². The average Bonchev–Trinajstić information content (AvgIpc) is 2.73. The monoisotopic (exact) mass is 456 g/mol. The number of allylic oxidation sites excluding steroid dienone is 2. The molecule has 2 N–H and O–H groups in total. The summed E-state index contributed by atoms with van der Waals surface area (Å²) in [4.78, 5) is 13.4. The highest BCUT2D eigenvalue weighted by Gasteiger charge is 2.68. The third-order valence-electron chi connectivity index (χ3n) is 13.1. The Bertz CT molecular complexity index is 889. The Morgan fingerprint density at radius 1 is 0.939 bits per heavy atom. The van der Waals surface area contributed by atoms with Crippen LogP contribution in [0.5, 0.6) is 0 Å². The van der Waals surface area contributed by atoms with Gasteiger partial charge in [-0.2, -0.15) is 0 Å². The van der Waals surface area contributed by atoms with Crippen LogP contribution in [0.25, 0.3) is 0 Å². The molecule has 0 amide bonds. The maximum Gasteiger partial charge on any atom is 0.139 e. The molecule has 3 nitrogen and oxygen atoms in total. The zero-order valence-electron chi connectivity index (χ0n) is 22.3. The van der Waals surface area contributed by atoms with Crippen LogP contribution in [0.1, 0.15) is 106 Å². The van der Waals surface area contributed by atoms with Crippen LogP contribution >= 0.6 is 0 Å². The fraction of sp³-hybridized carbons (Fsp3) is 0.900. The Labute approximate surface area is 201 Å². The van der Waals surface area contributed by atoms with Crippen LogP contribution in [-0.4, -0.2) is 28.7 Å². The number of rotatable bonds is 1. The topological polar surface area (TPSA) is 57.5 Å². The van der Waals surface area contributed by atoms with Gasteiger partial charge in [0.1, 0.15) is 5.78 Å². The molecule has 9 atom stereocenters. The molecule has 3 unspecified atom stereocenters. The zero-order chi connectivity index (χ0) is 24.2. The molecule has 0 bridgehead atoms. The van der Waals surface area contributed by atoms with Crippen molar-refractivity contribution < 1.29 is 15.0 Å². The van der Waals surface area contributed by atoms with Crippen molar-refractivity contribution in [2.75, 3.05) is 6.61 Å². The van der Waals surface area contributed by atoms with E-state index in [1.165, 1.54) is 12.8 Å². The fourth-order valence-corrected chi connectivity index (χ4v) is 10.5. The van der Waals surface area contributed by atoms with Gasteiger partial charge in [-0.15, -0.1) is 0 Å². The third kappa shape index (κ3) is 2.85. The van der Waals surface area contributed by atoms with Gasteiger partial charge in [0.15, 0.2) is 0 Å². The van der Waals surface area contributed by atoms with Gasteiger partial charge in [0.25, 0.3) is 0 Å². The van der Waals surface area contributed by atoms with Gasteiger partial charge in [0.05, 0.1) is 6.10 Å². The molecule has 0 radical (unpaired) electrons. The summed E-state index contributed by atoms with van der Waals surface area (Å²) < 4.78 is 0. The number of ketones is 1. The molecule has 3 heteroatoms. The van der Waals surface area contributed by atoms with Gasteiger partial charge in [0, 0.05) is 18.4 Å². The summed E-state index contributed by atoms with van der Waals surface area (Å²) >= 11 is 0. The normalized spacial score (nSPS) is 55.5. The van der Waals surface area contributed by atoms with Crippen molar-refractivity contribution in [3.63, 3.8) is 0 Å². The quantitative estimate of drug-likeness (QED) is 0.454. The first-order chi connectivity index (χ1) is 15.2. The minimum absolute atomic E-state index is 0.0247. The van der Waals surface area contributed by atoms with Crippen molar-refractivity contribution in [2.45, 2.75) is 112 Å². The van der Waals surface area contributed by atoms with E-state index in [1.54, 1.807) is 5.57 Å². The van der Waals surface area contributed by atoms with Crippen LogP contribution in [-0.2, 0) is 4.79 Å². The van der Waals surface area contributed by atoms with Crippen LogP contribution in [0, 0.1) is 50.2 Å². The van der Waals surface area contributed by atoms with E-state index >= 15 is 0 Å². The molecule has 5 aliphatic rings. The Balaban J connectivity index is 1.59. The maximum atomic E-state index is 13.4. The molecule has 186 valence electrons. The van der Waals surface area contributed by atoms with Crippen LogP contribution in [0.3, 0.4) is 0 Å². The van der Waals surface area contributed by atoms with Gasteiger partial charge in [-0.1, -0.05) is 60.1 Å². The summed E-state index contributed by atoms with van der Waals surface area (Å²) in [6.45, 7) is 16.7. The summed E-state index contributed by atoms with van der Waals surface area (Å²) in [6.07, 6.45) is 11.5. The molecule has 0 aromatic rings. The Kier molecular flexibility index (Phi) is 5.07. The highest BCUT2D eigenvalue weighted by atomic mass is 16.3.